The van der Waals surface area contributed by atoms with E-state index in [0.717, 1.165) is 28.0 Å². The van der Waals surface area contributed by atoms with Gasteiger partial charge in [0.2, 0.25) is 0 Å². The first kappa shape index (κ1) is 11.0. The zero-order chi connectivity index (χ0) is 14.1. The highest BCUT2D eigenvalue weighted by Crippen LogP contribution is 2.48. The number of rotatable bonds is 0. The molecule has 0 aromatic heterocycles. The third-order valence-corrected chi connectivity index (χ3v) is 4.65. The van der Waals surface area contributed by atoms with Crippen molar-refractivity contribution in [1.82, 2.24) is 0 Å². The predicted molar refractivity (Wildman–Crippen MR) is 85.1 cm³/mol. The van der Waals surface area contributed by atoms with E-state index in [-0.39, 0.29) is 11.5 Å². The molecule has 2 heteroatoms. The topological polar surface area (TPSA) is 40.5 Å². The molecule has 4 aromatic rings. The highest BCUT2D eigenvalue weighted by molar-refractivity contribution is 6.26. The molecule has 0 saturated carbocycles. The molecule has 0 aliphatic heterocycles. The van der Waals surface area contributed by atoms with E-state index in [9.17, 15) is 10.2 Å². The molecule has 4 aromatic carbocycles. The minimum Gasteiger partial charge on any atom is -0.504 e. The van der Waals surface area contributed by atoms with Gasteiger partial charge < -0.3 is 10.2 Å². The van der Waals surface area contributed by atoms with Gasteiger partial charge in [0.1, 0.15) is 0 Å². The lowest BCUT2D eigenvalue weighted by Gasteiger charge is -2.21. The molecule has 0 bridgehead atoms. The molecule has 21 heavy (non-hydrogen) atoms. The van der Waals surface area contributed by atoms with E-state index >= 15 is 0 Å². The first-order valence-electron chi connectivity index (χ1n) is 7.05. The Morgan fingerprint density at radius 3 is 2.10 bits per heavy atom. The van der Waals surface area contributed by atoms with Crippen molar-refractivity contribution >= 4 is 32.3 Å². The maximum Gasteiger partial charge on any atom is 0.166 e. The van der Waals surface area contributed by atoms with Gasteiger partial charge in [-0.2, -0.15) is 0 Å². The average Bonchev–Trinajstić information content (AvgIpc) is 2.52. The zero-order valence-electron chi connectivity index (χ0n) is 11.2. The number of hydrogen-bond acceptors (Lipinski definition) is 2. The van der Waals surface area contributed by atoms with E-state index < -0.39 is 0 Å². The second kappa shape index (κ2) is 3.47. The molecule has 0 amide bonds. The van der Waals surface area contributed by atoms with Gasteiger partial charge in [-0.05, 0) is 39.8 Å². The van der Waals surface area contributed by atoms with Crippen LogP contribution in [0.3, 0.4) is 0 Å². The number of phenolic OH excluding ortho intramolecular Hbond substituents is 2. The van der Waals surface area contributed by atoms with Crippen LogP contribution in [0.2, 0.25) is 0 Å². The largest absolute Gasteiger partial charge is 0.504 e. The van der Waals surface area contributed by atoms with Gasteiger partial charge >= 0.3 is 0 Å². The van der Waals surface area contributed by atoms with Gasteiger partial charge in [0.05, 0.1) is 0 Å². The van der Waals surface area contributed by atoms with Gasteiger partial charge in [0, 0.05) is 16.2 Å². The van der Waals surface area contributed by atoms with Crippen molar-refractivity contribution in [2.24, 2.45) is 0 Å². The lowest BCUT2D eigenvalue weighted by atomic mass is 9.84. The summed E-state index contributed by atoms with van der Waals surface area (Å²) in [6.45, 7) is 0. The Morgan fingerprint density at radius 1 is 0.619 bits per heavy atom. The minimum atomic E-state index is -0.0201. The van der Waals surface area contributed by atoms with Crippen molar-refractivity contribution in [2.75, 3.05) is 0 Å². The van der Waals surface area contributed by atoms with E-state index in [0.29, 0.717) is 0 Å². The quantitative estimate of drug-likeness (QED) is 0.323. The standard InChI is InChI=1S/C19H12O2/c20-18-13-6-2-5-12-9-11-4-1-3-10-7-8-14(19(18)21)17(15(10)11)16(12)13/h1-8,20-21H,9H2. The Bertz CT molecular complexity index is 1080. The third-order valence-electron chi connectivity index (χ3n) is 4.65. The SMILES string of the molecule is Oc1c(O)c2ccc3cccc4c3c2c2c(cccc12)C4. The van der Waals surface area contributed by atoms with Gasteiger partial charge in [-0.3, -0.25) is 0 Å². The Balaban J connectivity index is 2.27. The summed E-state index contributed by atoms with van der Waals surface area (Å²) in [5.41, 5.74) is 2.49. The maximum absolute atomic E-state index is 10.4. The molecule has 1 aliphatic rings. The summed E-state index contributed by atoms with van der Waals surface area (Å²) in [6.07, 6.45) is 0.866. The molecule has 0 radical (unpaired) electrons. The third kappa shape index (κ3) is 1.18. The van der Waals surface area contributed by atoms with Crippen LogP contribution < -0.4 is 0 Å². The van der Waals surface area contributed by atoms with Gasteiger partial charge in [-0.1, -0.05) is 42.5 Å². The van der Waals surface area contributed by atoms with Crippen molar-refractivity contribution < 1.29 is 10.2 Å². The fourth-order valence-corrected chi connectivity index (χ4v) is 3.76. The summed E-state index contributed by atoms with van der Waals surface area (Å²) in [6, 6.07) is 16.2. The van der Waals surface area contributed by atoms with Crippen LogP contribution in [0.5, 0.6) is 11.5 Å². The first-order chi connectivity index (χ1) is 10.3. The molecular formula is C19H12O2. The first-order valence-corrected chi connectivity index (χ1v) is 7.05. The van der Waals surface area contributed by atoms with Crippen LogP contribution in [0.15, 0.2) is 48.5 Å². The van der Waals surface area contributed by atoms with Crippen LogP contribution in [0.25, 0.3) is 32.3 Å². The highest BCUT2D eigenvalue weighted by Gasteiger charge is 2.21. The second-order valence-corrected chi connectivity index (χ2v) is 5.72. The van der Waals surface area contributed by atoms with Crippen molar-refractivity contribution in [2.45, 2.75) is 6.42 Å². The Morgan fingerprint density at radius 2 is 1.29 bits per heavy atom. The molecule has 100 valence electrons. The van der Waals surface area contributed by atoms with Gasteiger partial charge in [0.25, 0.3) is 0 Å². The van der Waals surface area contributed by atoms with E-state index in [1.54, 1.807) is 0 Å². The molecule has 5 rings (SSSR count). The smallest absolute Gasteiger partial charge is 0.166 e. The molecule has 0 unspecified atom stereocenters. The lowest BCUT2D eigenvalue weighted by molar-refractivity contribution is 0.412. The van der Waals surface area contributed by atoms with E-state index in [1.165, 1.54) is 21.9 Å². The maximum atomic E-state index is 10.4. The number of benzene rings is 4. The summed E-state index contributed by atoms with van der Waals surface area (Å²) >= 11 is 0. The minimum absolute atomic E-state index is 0.0157. The number of hydrogen-bond donors (Lipinski definition) is 2. The van der Waals surface area contributed by atoms with Gasteiger partial charge in [-0.25, -0.2) is 0 Å². The number of phenols is 2. The summed E-state index contributed by atoms with van der Waals surface area (Å²) in [5.74, 6) is -0.0358. The summed E-state index contributed by atoms with van der Waals surface area (Å²) < 4.78 is 0. The number of aromatic hydroxyl groups is 2. The molecule has 0 saturated heterocycles. The zero-order valence-corrected chi connectivity index (χ0v) is 11.2. The highest BCUT2D eigenvalue weighted by atomic mass is 16.3. The van der Waals surface area contributed by atoms with Crippen LogP contribution in [0.4, 0.5) is 0 Å². The van der Waals surface area contributed by atoms with Crippen LogP contribution >= 0.6 is 0 Å². The second-order valence-electron chi connectivity index (χ2n) is 5.72. The summed E-state index contributed by atoms with van der Waals surface area (Å²) in [4.78, 5) is 0. The van der Waals surface area contributed by atoms with E-state index in [4.69, 9.17) is 0 Å². The summed E-state index contributed by atoms with van der Waals surface area (Å²) in [5, 5.41) is 26.7. The predicted octanol–water partition coefficient (Wildman–Crippen LogP) is 4.46. The average molecular weight is 272 g/mol. The normalized spacial score (nSPS) is 13.0. The van der Waals surface area contributed by atoms with Crippen molar-refractivity contribution in [3.05, 3.63) is 59.7 Å². The molecule has 0 atom stereocenters. The molecule has 0 fully saturated rings. The van der Waals surface area contributed by atoms with Crippen molar-refractivity contribution in [3.63, 3.8) is 0 Å². The molecule has 2 N–H and O–H groups in total. The Hall–Kier alpha value is -2.74. The molecule has 1 aliphatic carbocycles. The molecule has 0 heterocycles. The van der Waals surface area contributed by atoms with Crippen LogP contribution in [-0.4, -0.2) is 10.2 Å². The van der Waals surface area contributed by atoms with Crippen LogP contribution in [0, 0.1) is 0 Å². The molecular weight excluding hydrogens is 260 g/mol. The fourth-order valence-electron chi connectivity index (χ4n) is 3.76. The Kier molecular flexibility index (Phi) is 1.81. The monoisotopic (exact) mass is 272 g/mol. The lowest BCUT2D eigenvalue weighted by Crippen LogP contribution is -1.99. The van der Waals surface area contributed by atoms with E-state index in [2.05, 4.69) is 24.3 Å². The van der Waals surface area contributed by atoms with Gasteiger partial charge in [-0.15, -0.1) is 0 Å². The van der Waals surface area contributed by atoms with E-state index in [1.807, 2.05) is 24.3 Å². The van der Waals surface area contributed by atoms with Crippen molar-refractivity contribution in [3.8, 4) is 11.5 Å². The molecule has 0 spiro atoms. The van der Waals surface area contributed by atoms with Crippen molar-refractivity contribution in [1.29, 1.82) is 0 Å². The van der Waals surface area contributed by atoms with Crippen LogP contribution in [0.1, 0.15) is 11.1 Å². The van der Waals surface area contributed by atoms with Crippen LogP contribution in [-0.2, 0) is 6.42 Å². The molecule has 2 nitrogen and oxygen atoms in total. The van der Waals surface area contributed by atoms with Gasteiger partial charge in [0.15, 0.2) is 11.5 Å². The summed E-state index contributed by atoms with van der Waals surface area (Å²) in [7, 11) is 0. The fraction of sp³-hybridized carbons (Fsp3) is 0.0526. The Labute approximate surface area is 120 Å².